The maximum Gasteiger partial charge on any atom is 0.276 e. The molecule has 0 atom stereocenters. The topological polar surface area (TPSA) is 76.7 Å². The second-order valence-electron chi connectivity index (χ2n) is 8.70. The molecule has 0 aliphatic rings. The minimum atomic E-state index is -0.158. The highest BCUT2D eigenvalue weighted by Crippen LogP contribution is 2.30. The van der Waals surface area contributed by atoms with E-state index in [0.29, 0.717) is 11.0 Å². The lowest BCUT2D eigenvalue weighted by Crippen LogP contribution is -2.14. The summed E-state index contributed by atoms with van der Waals surface area (Å²) in [6, 6.07) is 12.6. The number of hydrogen-bond donors (Lipinski definition) is 2. The van der Waals surface area contributed by atoms with Gasteiger partial charge in [-0.2, -0.15) is 0 Å². The molecule has 0 amide bonds. The van der Waals surface area contributed by atoms with Crippen molar-refractivity contribution in [1.29, 1.82) is 0 Å². The molecular weight excluding hydrogens is 384 g/mol. The van der Waals surface area contributed by atoms with Crippen LogP contribution in [0.15, 0.2) is 41.2 Å². The zero-order valence-electron chi connectivity index (χ0n) is 18.6. The lowest BCUT2D eigenvalue weighted by Gasteiger charge is -2.08. The van der Waals surface area contributed by atoms with Crippen molar-refractivity contribution < 1.29 is 0 Å². The van der Waals surface area contributed by atoms with Crippen LogP contribution in [0.25, 0.3) is 32.7 Å². The van der Waals surface area contributed by atoms with Crippen LogP contribution in [0.1, 0.15) is 71.1 Å². The molecule has 0 saturated carbocycles. The summed E-state index contributed by atoms with van der Waals surface area (Å²) in [7, 11) is 0. The molecule has 2 heterocycles. The van der Waals surface area contributed by atoms with Crippen molar-refractivity contribution in [2.24, 2.45) is 0 Å². The van der Waals surface area contributed by atoms with Crippen molar-refractivity contribution in [2.75, 3.05) is 5.73 Å². The molecule has 2 aromatic heterocycles. The number of anilines is 1. The Morgan fingerprint density at radius 1 is 0.903 bits per heavy atom. The first kappa shape index (κ1) is 21.4. The summed E-state index contributed by atoms with van der Waals surface area (Å²) in [6.45, 7) is 3.09. The summed E-state index contributed by atoms with van der Waals surface area (Å²) >= 11 is 0. The van der Waals surface area contributed by atoms with Crippen LogP contribution in [-0.2, 0) is 6.54 Å². The van der Waals surface area contributed by atoms with Crippen molar-refractivity contribution in [1.82, 2.24) is 14.5 Å². The lowest BCUT2D eigenvalue weighted by atomic mass is 10.1. The number of aryl methyl sites for hydroxylation is 1. The Morgan fingerprint density at radius 2 is 1.52 bits per heavy atom. The number of benzene rings is 2. The number of nitrogens with one attached hydrogen (secondary N) is 1. The first-order chi connectivity index (χ1) is 15.2. The highest BCUT2D eigenvalue weighted by atomic mass is 16.1. The maximum absolute atomic E-state index is 12.8. The highest BCUT2D eigenvalue weighted by Gasteiger charge is 2.16. The van der Waals surface area contributed by atoms with Gasteiger partial charge < -0.3 is 10.3 Å². The average Bonchev–Trinajstić information content (AvgIpc) is 3.06. The highest BCUT2D eigenvalue weighted by molar-refractivity contribution is 6.10. The van der Waals surface area contributed by atoms with E-state index in [-0.39, 0.29) is 11.5 Å². The van der Waals surface area contributed by atoms with Crippen LogP contribution >= 0.6 is 0 Å². The van der Waals surface area contributed by atoms with E-state index in [0.717, 1.165) is 29.3 Å². The van der Waals surface area contributed by atoms with Gasteiger partial charge in [-0.25, -0.2) is 4.98 Å². The molecule has 0 saturated heterocycles. The molecule has 0 aliphatic carbocycles. The van der Waals surface area contributed by atoms with Gasteiger partial charge in [-0.1, -0.05) is 89.0 Å². The minimum absolute atomic E-state index is 0.158. The van der Waals surface area contributed by atoms with E-state index in [1.165, 1.54) is 63.2 Å². The molecule has 0 fully saturated rings. The fourth-order valence-electron chi connectivity index (χ4n) is 4.67. The number of nitrogens with zero attached hydrogens (tertiary/aromatic N) is 2. The molecule has 0 unspecified atom stereocenters. The average molecular weight is 419 g/mol. The summed E-state index contributed by atoms with van der Waals surface area (Å²) in [5, 5.41) is 3.32. The Bertz CT molecular complexity index is 1220. The normalized spacial score (nSPS) is 11.8. The second-order valence-corrected chi connectivity index (χ2v) is 8.70. The molecular formula is C26H34N4O. The van der Waals surface area contributed by atoms with Crippen molar-refractivity contribution in [3.05, 3.63) is 46.8 Å². The number of H-pyrrole nitrogens is 1. The van der Waals surface area contributed by atoms with Gasteiger partial charge in [0.05, 0.1) is 5.52 Å². The monoisotopic (exact) mass is 418 g/mol. The van der Waals surface area contributed by atoms with E-state index in [1.54, 1.807) is 0 Å². The third-order valence-electron chi connectivity index (χ3n) is 6.33. The summed E-state index contributed by atoms with van der Waals surface area (Å²) in [6.07, 6.45) is 13.0. The predicted octanol–water partition coefficient (Wildman–Crippen LogP) is 6.53. The molecule has 4 aromatic rings. The Labute approximate surface area is 183 Å². The molecule has 0 radical (unpaired) electrons. The Balaban J connectivity index is 1.50. The third kappa shape index (κ3) is 4.76. The zero-order chi connectivity index (χ0) is 21.6. The quantitative estimate of drug-likeness (QED) is 0.272. The number of nitrogens with two attached hydrogens (primary N) is 1. The van der Waals surface area contributed by atoms with Crippen LogP contribution in [0.3, 0.4) is 0 Å². The van der Waals surface area contributed by atoms with Crippen LogP contribution in [0, 0.1) is 0 Å². The Kier molecular flexibility index (Phi) is 6.90. The molecule has 2 aromatic carbocycles. The molecule has 5 nitrogen and oxygen atoms in total. The molecule has 5 heteroatoms. The number of nitrogen functional groups attached to an aromatic ring is 1. The standard InChI is InChI=1S/C26H34N4O/c1-2-3-4-5-6-7-8-9-10-13-16-30-22-18-20-15-12-11-14-19(20)17-21(22)23-24(30)25(31)29-26(27)28-23/h11-12,14-15,17-18H,2-10,13,16H2,1H3,(H3,27,28,29,31). The Morgan fingerprint density at radius 3 is 2.19 bits per heavy atom. The van der Waals surface area contributed by atoms with Crippen LogP contribution in [0.5, 0.6) is 0 Å². The van der Waals surface area contributed by atoms with Crippen molar-refractivity contribution in [3.63, 3.8) is 0 Å². The SMILES string of the molecule is CCCCCCCCCCCCn1c2cc3ccccc3cc2c2nc(N)[nH]c(=O)c21. The van der Waals surface area contributed by atoms with Crippen LogP contribution in [0.2, 0.25) is 0 Å². The maximum atomic E-state index is 12.8. The Hall–Kier alpha value is -2.82. The molecule has 164 valence electrons. The van der Waals surface area contributed by atoms with Crippen molar-refractivity contribution in [3.8, 4) is 0 Å². The van der Waals surface area contributed by atoms with Crippen LogP contribution in [0.4, 0.5) is 5.95 Å². The second kappa shape index (κ2) is 9.99. The summed E-state index contributed by atoms with van der Waals surface area (Å²) < 4.78 is 2.15. The molecule has 4 rings (SSSR count). The summed E-state index contributed by atoms with van der Waals surface area (Å²) in [5.74, 6) is 0.170. The summed E-state index contributed by atoms with van der Waals surface area (Å²) in [5.41, 5.74) is 8.11. The van der Waals surface area contributed by atoms with Gasteiger partial charge in [-0.3, -0.25) is 9.78 Å². The number of aromatic nitrogens is 3. The van der Waals surface area contributed by atoms with Gasteiger partial charge in [0.15, 0.2) is 0 Å². The van der Waals surface area contributed by atoms with Crippen LogP contribution < -0.4 is 11.3 Å². The number of hydrogen-bond acceptors (Lipinski definition) is 3. The predicted molar refractivity (Wildman–Crippen MR) is 132 cm³/mol. The van der Waals surface area contributed by atoms with Gasteiger partial charge in [-0.05, 0) is 29.3 Å². The number of aromatic amines is 1. The van der Waals surface area contributed by atoms with Gasteiger partial charge in [-0.15, -0.1) is 0 Å². The van der Waals surface area contributed by atoms with Crippen LogP contribution in [-0.4, -0.2) is 14.5 Å². The largest absolute Gasteiger partial charge is 0.369 e. The minimum Gasteiger partial charge on any atom is -0.369 e. The van der Waals surface area contributed by atoms with E-state index in [4.69, 9.17) is 5.73 Å². The van der Waals surface area contributed by atoms with Gasteiger partial charge in [0.1, 0.15) is 11.0 Å². The van der Waals surface area contributed by atoms with E-state index in [9.17, 15) is 4.79 Å². The van der Waals surface area contributed by atoms with Gasteiger partial charge in [0.2, 0.25) is 5.95 Å². The summed E-state index contributed by atoms with van der Waals surface area (Å²) in [4.78, 5) is 19.9. The molecule has 31 heavy (non-hydrogen) atoms. The number of fused-ring (bicyclic) bond motifs is 4. The fraction of sp³-hybridized carbons (Fsp3) is 0.462. The zero-order valence-corrected chi connectivity index (χ0v) is 18.6. The molecule has 3 N–H and O–H groups in total. The third-order valence-corrected chi connectivity index (χ3v) is 6.33. The molecule has 0 bridgehead atoms. The first-order valence-electron chi connectivity index (χ1n) is 11.9. The van der Waals surface area contributed by atoms with Crippen molar-refractivity contribution in [2.45, 2.75) is 77.7 Å². The smallest absolute Gasteiger partial charge is 0.276 e. The molecule has 0 aliphatic heterocycles. The van der Waals surface area contributed by atoms with Gasteiger partial charge >= 0.3 is 0 Å². The number of rotatable bonds is 11. The molecule has 0 spiro atoms. The van der Waals surface area contributed by atoms with E-state index >= 15 is 0 Å². The fourth-order valence-corrected chi connectivity index (χ4v) is 4.67. The lowest BCUT2D eigenvalue weighted by molar-refractivity contribution is 0.541. The van der Waals surface area contributed by atoms with Crippen molar-refractivity contribution >= 4 is 38.7 Å². The van der Waals surface area contributed by atoms with Gasteiger partial charge in [0, 0.05) is 11.9 Å². The van der Waals surface area contributed by atoms with E-state index < -0.39 is 0 Å². The first-order valence-corrected chi connectivity index (χ1v) is 11.9. The van der Waals surface area contributed by atoms with Gasteiger partial charge in [0.25, 0.3) is 5.56 Å². The van der Waals surface area contributed by atoms with E-state index in [1.807, 2.05) is 12.1 Å². The number of unbranched alkanes of at least 4 members (excludes halogenated alkanes) is 9. The van der Waals surface area contributed by atoms with E-state index in [2.05, 4.69) is 45.7 Å².